The van der Waals surface area contributed by atoms with Crippen LogP contribution in [0.5, 0.6) is 0 Å². The molecule has 0 spiro atoms. The third-order valence-electron chi connectivity index (χ3n) is 7.10. The number of carbonyl (C=O) groups is 1. The first-order valence-corrected chi connectivity index (χ1v) is 15.0. The van der Waals surface area contributed by atoms with Crippen molar-refractivity contribution in [2.45, 2.75) is 63.1 Å². The number of sulfonamides is 1. The van der Waals surface area contributed by atoms with Gasteiger partial charge >= 0.3 is 0 Å². The summed E-state index contributed by atoms with van der Waals surface area (Å²) in [6.07, 6.45) is 7.61. The van der Waals surface area contributed by atoms with E-state index in [2.05, 4.69) is 53.0 Å². The number of benzene rings is 2. The van der Waals surface area contributed by atoms with E-state index >= 15 is 0 Å². The van der Waals surface area contributed by atoms with E-state index in [9.17, 15) is 13.2 Å². The van der Waals surface area contributed by atoms with Gasteiger partial charge in [0, 0.05) is 36.6 Å². The molecule has 11 heteroatoms. The summed E-state index contributed by atoms with van der Waals surface area (Å²) < 4.78 is 29.7. The van der Waals surface area contributed by atoms with E-state index in [4.69, 9.17) is 11.6 Å². The van der Waals surface area contributed by atoms with Crippen LogP contribution in [0.4, 0.5) is 0 Å². The van der Waals surface area contributed by atoms with Crippen molar-refractivity contribution >= 4 is 27.5 Å². The van der Waals surface area contributed by atoms with Gasteiger partial charge in [-0.2, -0.15) is 0 Å². The zero-order valence-electron chi connectivity index (χ0n) is 22.0. The molecule has 39 heavy (non-hydrogen) atoms. The average Bonchev–Trinajstić information content (AvgIpc) is 3.38. The molecule has 5 rings (SSSR count). The van der Waals surface area contributed by atoms with Crippen LogP contribution in [0.3, 0.4) is 0 Å². The van der Waals surface area contributed by atoms with Gasteiger partial charge in [-0.05, 0) is 72.7 Å². The highest BCUT2D eigenvalue weighted by molar-refractivity contribution is 7.89. The van der Waals surface area contributed by atoms with Gasteiger partial charge in [0.05, 0.1) is 16.6 Å². The number of aromatic nitrogens is 3. The van der Waals surface area contributed by atoms with Gasteiger partial charge in [-0.3, -0.25) is 9.10 Å². The lowest BCUT2D eigenvalue weighted by molar-refractivity contribution is -0.124. The van der Waals surface area contributed by atoms with Gasteiger partial charge in [0.15, 0.2) is 0 Å². The quantitative estimate of drug-likeness (QED) is 0.406. The van der Waals surface area contributed by atoms with E-state index in [-0.39, 0.29) is 17.4 Å². The molecule has 0 radical (unpaired) electrons. The topological polar surface area (TPSA) is 109 Å². The fourth-order valence-corrected chi connectivity index (χ4v) is 6.73. The van der Waals surface area contributed by atoms with Gasteiger partial charge in [0.1, 0.15) is 6.04 Å². The van der Waals surface area contributed by atoms with Crippen LogP contribution in [0.1, 0.15) is 55.1 Å². The van der Waals surface area contributed by atoms with Crippen molar-refractivity contribution in [1.82, 2.24) is 29.9 Å². The highest BCUT2D eigenvalue weighted by Crippen LogP contribution is 2.33. The number of hydrogen-bond acceptors (Lipinski definition) is 6. The molecule has 2 aliphatic rings. The third-order valence-corrected chi connectivity index (χ3v) is 9.15. The van der Waals surface area contributed by atoms with E-state index in [0.29, 0.717) is 16.6 Å². The van der Waals surface area contributed by atoms with E-state index < -0.39 is 22.0 Å². The fourth-order valence-electron chi connectivity index (χ4n) is 5.16. The Morgan fingerprint density at radius 3 is 2.74 bits per heavy atom. The normalized spacial score (nSPS) is 19.3. The Hall–Kier alpha value is -3.21. The molecule has 2 atom stereocenters. The second-order valence-electron chi connectivity index (χ2n) is 10.5. The fraction of sp³-hybridized carbons (Fsp3) is 0.393. The van der Waals surface area contributed by atoms with Crippen LogP contribution in [-0.2, 0) is 34.2 Å². The summed E-state index contributed by atoms with van der Waals surface area (Å²) in [5.74, 6) is 0.181. The van der Waals surface area contributed by atoms with Gasteiger partial charge in [0.25, 0.3) is 10.0 Å². The lowest BCUT2D eigenvalue weighted by atomic mass is 9.86. The standard InChI is InChI=1S/C28H33ClN6O3S/c1-19(2)16-30-17-20-6-11-25-21(14-20)4-3-5-26(25)34-18-23(32-33-34)15-27-28(36)31-12-13-35(27)39(37,38)24-9-7-22(29)8-10-24/h6-14,18-19,26-27,30H,3-5,15-17H2,1-2H3,(H,31,36)/t26-,27+/m0/s1. The summed E-state index contributed by atoms with van der Waals surface area (Å²) in [5.41, 5.74) is 4.37. The summed E-state index contributed by atoms with van der Waals surface area (Å²) in [4.78, 5) is 12.9. The number of nitrogens with zero attached hydrogens (tertiary/aromatic N) is 4. The highest BCUT2D eigenvalue weighted by Gasteiger charge is 2.36. The number of hydrogen-bond donors (Lipinski definition) is 2. The van der Waals surface area contributed by atoms with Crippen molar-refractivity contribution in [3.63, 3.8) is 0 Å². The van der Waals surface area contributed by atoms with Crippen LogP contribution >= 0.6 is 11.6 Å². The summed E-state index contributed by atoms with van der Waals surface area (Å²) >= 11 is 5.94. The summed E-state index contributed by atoms with van der Waals surface area (Å²) in [6, 6.07) is 11.6. The molecule has 0 saturated heterocycles. The molecule has 1 aliphatic heterocycles. The lowest BCUT2D eigenvalue weighted by Gasteiger charge is -2.31. The summed E-state index contributed by atoms with van der Waals surface area (Å²) in [7, 11) is -3.98. The Balaban J connectivity index is 1.34. The minimum absolute atomic E-state index is 0.0432. The van der Waals surface area contributed by atoms with Crippen molar-refractivity contribution in [2.24, 2.45) is 5.92 Å². The number of nitrogens with one attached hydrogen (secondary N) is 2. The summed E-state index contributed by atoms with van der Waals surface area (Å²) in [5, 5.41) is 15.3. The van der Waals surface area contributed by atoms with E-state index in [1.807, 2.05) is 10.9 Å². The van der Waals surface area contributed by atoms with Gasteiger partial charge in [0.2, 0.25) is 5.91 Å². The highest BCUT2D eigenvalue weighted by atomic mass is 35.5. The average molecular weight is 569 g/mol. The first-order chi connectivity index (χ1) is 18.7. The molecule has 2 heterocycles. The molecule has 0 unspecified atom stereocenters. The lowest BCUT2D eigenvalue weighted by Crippen LogP contribution is -2.50. The zero-order valence-corrected chi connectivity index (χ0v) is 23.6. The molecular weight excluding hydrogens is 536 g/mol. The molecule has 1 amide bonds. The van der Waals surface area contributed by atoms with Gasteiger partial charge in [-0.1, -0.05) is 48.9 Å². The van der Waals surface area contributed by atoms with Crippen molar-refractivity contribution < 1.29 is 13.2 Å². The van der Waals surface area contributed by atoms with Crippen LogP contribution in [0.15, 0.2) is 66.0 Å². The first kappa shape index (κ1) is 27.4. The second-order valence-corrected chi connectivity index (χ2v) is 12.8. The molecular formula is C28H33ClN6O3S. The number of rotatable bonds is 9. The molecule has 0 fully saturated rings. The zero-order chi connectivity index (χ0) is 27.6. The first-order valence-electron chi connectivity index (χ1n) is 13.2. The molecule has 1 aliphatic carbocycles. The van der Waals surface area contributed by atoms with E-state index in [1.165, 1.54) is 53.4 Å². The van der Waals surface area contributed by atoms with Crippen LogP contribution in [-0.4, -0.2) is 46.2 Å². The Morgan fingerprint density at radius 2 is 1.97 bits per heavy atom. The predicted molar refractivity (Wildman–Crippen MR) is 149 cm³/mol. The number of amides is 1. The molecule has 0 saturated carbocycles. The van der Waals surface area contributed by atoms with Crippen molar-refractivity contribution in [3.05, 3.63) is 88.5 Å². The number of carbonyl (C=O) groups excluding carboxylic acids is 1. The molecule has 206 valence electrons. The third kappa shape index (κ3) is 6.03. The predicted octanol–water partition coefficient (Wildman–Crippen LogP) is 3.81. The Labute approximate surface area is 234 Å². The van der Waals surface area contributed by atoms with Crippen molar-refractivity contribution in [1.29, 1.82) is 0 Å². The molecule has 1 aromatic heterocycles. The van der Waals surface area contributed by atoms with Crippen molar-refractivity contribution in [2.75, 3.05) is 6.54 Å². The minimum atomic E-state index is -3.98. The number of fused-ring (bicyclic) bond motifs is 1. The maximum Gasteiger partial charge on any atom is 0.264 e. The van der Waals surface area contributed by atoms with E-state index in [1.54, 1.807) is 0 Å². The smallest absolute Gasteiger partial charge is 0.264 e. The summed E-state index contributed by atoms with van der Waals surface area (Å²) in [6.45, 7) is 6.22. The Morgan fingerprint density at radius 1 is 1.18 bits per heavy atom. The van der Waals surface area contributed by atoms with Crippen molar-refractivity contribution in [3.8, 4) is 0 Å². The SMILES string of the molecule is CC(C)CNCc1ccc2c(c1)CCC[C@@H]2n1cc(C[C@@H]2C(=O)NC=CN2S(=O)(=O)c2ccc(Cl)cc2)nn1. The molecule has 0 bridgehead atoms. The maximum atomic E-state index is 13.4. The van der Waals surface area contributed by atoms with Crippen LogP contribution < -0.4 is 10.6 Å². The largest absolute Gasteiger partial charge is 0.329 e. The van der Waals surface area contributed by atoms with Crippen LogP contribution in [0.2, 0.25) is 5.02 Å². The number of aryl methyl sites for hydroxylation is 1. The molecule has 2 N–H and O–H groups in total. The van der Waals surface area contributed by atoms with E-state index in [0.717, 1.165) is 36.7 Å². The monoisotopic (exact) mass is 568 g/mol. The van der Waals surface area contributed by atoms with Gasteiger partial charge in [-0.15, -0.1) is 5.10 Å². The molecule has 3 aromatic rings. The van der Waals surface area contributed by atoms with Crippen LogP contribution in [0.25, 0.3) is 0 Å². The molecule has 9 nitrogen and oxygen atoms in total. The number of halogens is 1. The minimum Gasteiger partial charge on any atom is -0.329 e. The Kier molecular flexibility index (Phi) is 8.06. The van der Waals surface area contributed by atoms with Gasteiger partial charge in [-0.25, -0.2) is 13.1 Å². The Bertz CT molecular complexity index is 1470. The van der Waals surface area contributed by atoms with Gasteiger partial charge < -0.3 is 10.6 Å². The second kappa shape index (κ2) is 11.5. The molecule has 2 aromatic carbocycles. The maximum absolute atomic E-state index is 13.4. The van der Waals surface area contributed by atoms with Crippen LogP contribution in [0, 0.1) is 5.92 Å².